The minimum atomic E-state index is -4.45. The number of nitrogens with zero attached hydrogens (tertiary/aromatic N) is 3. The first-order chi connectivity index (χ1) is 13.8. The fourth-order valence-electron chi connectivity index (χ4n) is 3.16. The first kappa shape index (κ1) is 18.9. The molecule has 146 valence electrons. The molecule has 0 bridgehead atoms. The lowest BCUT2D eigenvalue weighted by Gasteiger charge is -2.10. The van der Waals surface area contributed by atoms with Crippen molar-refractivity contribution in [2.24, 2.45) is 0 Å². The second kappa shape index (κ2) is 6.84. The Hall–Kier alpha value is -3.48. The molecule has 0 aliphatic heterocycles. The van der Waals surface area contributed by atoms with Crippen LogP contribution in [0.2, 0.25) is 0 Å². The summed E-state index contributed by atoms with van der Waals surface area (Å²) in [6.07, 6.45) is -1.59. The zero-order valence-electron chi connectivity index (χ0n) is 15.7. The average Bonchev–Trinajstić information content (AvgIpc) is 3.13. The van der Waals surface area contributed by atoms with Crippen molar-refractivity contribution in [3.05, 3.63) is 88.7 Å². The highest BCUT2D eigenvalue weighted by Crippen LogP contribution is 2.32. The molecule has 4 aromatic rings. The van der Waals surface area contributed by atoms with E-state index >= 15 is 0 Å². The van der Waals surface area contributed by atoms with E-state index in [9.17, 15) is 18.0 Å². The summed E-state index contributed by atoms with van der Waals surface area (Å²) in [5.74, 6) is -0.239. The van der Waals surface area contributed by atoms with Crippen LogP contribution < -0.4 is 0 Å². The number of carbonyl (C=O) groups excluding carboxylic acids is 1. The van der Waals surface area contributed by atoms with Crippen LogP contribution in [0.4, 0.5) is 13.2 Å². The fraction of sp³-hybridized carbons (Fsp3) is 0.136. The quantitative estimate of drug-likeness (QED) is 0.445. The van der Waals surface area contributed by atoms with Gasteiger partial charge in [-0.15, -0.1) is 0 Å². The summed E-state index contributed by atoms with van der Waals surface area (Å²) in [7, 11) is 0. The summed E-state index contributed by atoms with van der Waals surface area (Å²) < 4.78 is 40.6. The molecule has 2 aromatic carbocycles. The van der Waals surface area contributed by atoms with Gasteiger partial charge in [0.2, 0.25) is 0 Å². The monoisotopic (exact) mass is 395 g/mol. The van der Waals surface area contributed by atoms with Gasteiger partial charge in [-0.1, -0.05) is 24.3 Å². The minimum Gasteiger partial charge on any atom is -0.288 e. The van der Waals surface area contributed by atoms with E-state index in [0.29, 0.717) is 28.0 Å². The molecule has 0 radical (unpaired) electrons. The number of ketones is 1. The van der Waals surface area contributed by atoms with Gasteiger partial charge in [0.05, 0.1) is 23.0 Å². The number of alkyl halides is 3. The highest BCUT2D eigenvalue weighted by atomic mass is 19.4. The molecule has 0 atom stereocenters. The van der Waals surface area contributed by atoms with Crippen molar-refractivity contribution in [2.75, 3.05) is 0 Å². The summed E-state index contributed by atoms with van der Waals surface area (Å²) >= 11 is 0. The number of fused-ring (bicyclic) bond motifs is 1. The van der Waals surface area contributed by atoms with E-state index in [4.69, 9.17) is 0 Å². The van der Waals surface area contributed by atoms with Crippen LogP contribution in [-0.2, 0) is 6.18 Å². The maximum absolute atomic E-state index is 13.1. The molecule has 0 unspecified atom stereocenters. The molecule has 4 rings (SSSR count). The van der Waals surface area contributed by atoms with Crippen molar-refractivity contribution >= 4 is 11.4 Å². The predicted molar refractivity (Wildman–Crippen MR) is 103 cm³/mol. The lowest BCUT2D eigenvalue weighted by Crippen LogP contribution is -2.05. The number of aromatic nitrogens is 3. The number of hydrogen-bond acceptors (Lipinski definition) is 3. The van der Waals surface area contributed by atoms with Crippen LogP contribution in [0.25, 0.3) is 16.9 Å². The largest absolute Gasteiger partial charge is 0.416 e. The van der Waals surface area contributed by atoms with Crippen molar-refractivity contribution < 1.29 is 18.0 Å². The third-order valence-electron chi connectivity index (χ3n) is 4.90. The van der Waals surface area contributed by atoms with E-state index in [2.05, 4.69) is 10.1 Å². The van der Waals surface area contributed by atoms with Crippen molar-refractivity contribution in [1.29, 1.82) is 0 Å². The second-order valence-corrected chi connectivity index (χ2v) is 6.83. The molecule has 4 nitrogen and oxygen atoms in total. The Kier molecular flexibility index (Phi) is 4.45. The van der Waals surface area contributed by atoms with Gasteiger partial charge in [-0.05, 0) is 49.2 Å². The van der Waals surface area contributed by atoms with E-state index in [1.807, 2.05) is 19.9 Å². The molecule has 0 aliphatic carbocycles. The summed E-state index contributed by atoms with van der Waals surface area (Å²) in [4.78, 5) is 17.2. The van der Waals surface area contributed by atoms with E-state index in [-0.39, 0.29) is 5.78 Å². The SMILES string of the molecule is Cc1ccc(C(=O)c2cnn3c(-c4cccc(C(F)(F)F)c4)ccnc23)cc1C. The molecule has 0 saturated carbocycles. The summed E-state index contributed by atoms with van der Waals surface area (Å²) in [5, 5.41) is 4.23. The van der Waals surface area contributed by atoms with Crippen LogP contribution in [0.15, 0.2) is 60.9 Å². The van der Waals surface area contributed by atoms with E-state index in [0.717, 1.165) is 23.3 Å². The van der Waals surface area contributed by atoms with Crippen LogP contribution in [0.1, 0.15) is 32.6 Å². The van der Waals surface area contributed by atoms with Gasteiger partial charge in [0.25, 0.3) is 0 Å². The van der Waals surface area contributed by atoms with Gasteiger partial charge < -0.3 is 0 Å². The Bertz CT molecular complexity index is 1240. The van der Waals surface area contributed by atoms with Crippen LogP contribution >= 0.6 is 0 Å². The number of halogens is 3. The van der Waals surface area contributed by atoms with Crippen molar-refractivity contribution in [3.63, 3.8) is 0 Å². The first-order valence-corrected chi connectivity index (χ1v) is 8.88. The second-order valence-electron chi connectivity index (χ2n) is 6.83. The highest BCUT2D eigenvalue weighted by molar-refractivity contribution is 6.12. The van der Waals surface area contributed by atoms with E-state index < -0.39 is 11.7 Å². The number of benzene rings is 2. The highest BCUT2D eigenvalue weighted by Gasteiger charge is 2.30. The zero-order valence-corrected chi connectivity index (χ0v) is 15.7. The van der Waals surface area contributed by atoms with Gasteiger partial charge in [0.15, 0.2) is 11.4 Å². The van der Waals surface area contributed by atoms with Crippen LogP contribution in [0, 0.1) is 13.8 Å². The van der Waals surface area contributed by atoms with Gasteiger partial charge >= 0.3 is 6.18 Å². The average molecular weight is 395 g/mol. The topological polar surface area (TPSA) is 47.3 Å². The van der Waals surface area contributed by atoms with E-state index in [1.165, 1.54) is 23.0 Å². The summed E-state index contributed by atoms with van der Waals surface area (Å²) in [6.45, 7) is 3.88. The Morgan fingerprint density at radius 3 is 2.52 bits per heavy atom. The lowest BCUT2D eigenvalue weighted by molar-refractivity contribution is -0.137. The van der Waals surface area contributed by atoms with Gasteiger partial charge in [-0.3, -0.25) is 4.79 Å². The normalized spacial score (nSPS) is 11.8. The molecule has 0 N–H and O–H groups in total. The first-order valence-electron chi connectivity index (χ1n) is 8.88. The third kappa shape index (κ3) is 3.40. The molecule has 2 aromatic heterocycles. The fourth-order valence-corrected chi connectivity index (χ4v) is 3.16. The number of rotatable bonds is 3. The number of aryl methyl sites for hydroxylation is 2. The van der Waals surface area contributed by atoms with Gasteiger partial charge in [0, 0.05) is 17.3 Å². The van der Waals surface area contributed by atoms with Gasteiger partial charge in [-0.25, -0.2) is 9.50 Å². The molecule has 2 heterocycles. The third-order valence-corrected chi connectivity index (χ3v) is 4.90. The summed E-state index contributed by atoms with van der Waals surface area (Å²) in [6, 6.07) is 12.0. The van der Waals surface area contributed by atoms with Gasteiger partial charge in [0.1, 0.15) is 0 Å². The molecule has 0 aliphatic rings. The van der Waals surface area contributed by atoms with Crippen molar-refractivity contribution in [2.45, 2.75) is 20.0 Å². The smallest absolute Gasteiger partial charge is 0.288 e. The predicted octanol–water partition coefficient (Wildman–Crippen LogP) is 5.26. The van der Waals surface area contributed by atoms with Crippen molar-refractivity contribution in [3.8, 4) is 11.3 Å². The van der Waals surface area contributed by atoms with Crippen LogP contribution in [0.3, 0.4) is 0 Å². The molecular weight excluding hydrogens is 379 g/mol. The molecule has 0 saturated heterocycles. The number of carbonyl (C=O) groups is 1. The Labute approximate surface area is 164 Å². The zero-order chi connectivity index (χ0) is 20.8. The lowest BCUT2D eigenvalue weighted by atomic mass is 10.0. The Balaban J connectivity index is 1.82. The molecular formula is C22H16F3N3O. The summed E-state index contributed by atoms with van der Waals surface area (Å²) in [5.41, 5.74) is 3.16. The molecule has 0 fully saturated rings. The van der Waals surface area contributed by atoms with Crippen molar-refractivity contribution in [1.82, 2.24) is 14.6 Å². The van der Waals surface area contributed by atoms with Crippen LogP contribution in [-0.4, -0.2) is 20.4 Å². The molecule has 0 spiro atoms. The Morgan fingerprint density at radius 2 is 1.79 bits per heavy atom. The molecule has 29 heavy (non-hydrogen) atoms. The maximum atomic E-state index is 13.1. The maximum Gasteiger partial charge on any atom is 0.416 e. The molecule has 7 heteroatoms. The molecule has 0 amide bonds. The minimum absolute atomic E-state index is 0.239. The standard InChI is InChI=1S/C22H16F3N3O/c1-13-6-7-16(10-14(13)2)20(29)18-12-27-28-19(8-9-26-21(18)28)15-4-3-5-17(11-15)22(23,24)25/h3-12H,1-2H3. The van der Waals surface area contributed by atoms with E-state index in [1.54, 1.807) is 24.3 Å². The Morgan fingerprint density at radius 1 is 1.00 bits per heavy atom. The van der Waals surface area contributed by atoms with Crippen LogP contribution in [0.5, 0.6) is 0 Å². The van der Waals surface area contributed by atoms with Gasteiger partial charge in [-0.2, -0.15) is 18.3 Å². The number of hydrogen-bond donors (Lipinski definition) is 0.